The molecule has 9 heteroatoms. The van der Waals surface area contributed by atoms with Crippen molar-refractivity contribution < 1.29 is 33.4 Å². The van der Waals surface area contributed by atoms with Crippen LogP contribution in [0.4, 0.5) is 4.79 Å². The normalized spacial score (nSPS) is 27.6. The van der Waals surface area contributed by atoms with Crippen molar-refractivity contribution in [2.24, 2.45) is 17.8 Å². The quantitative estimate of drug-likeness (QED) is 0.315. The molecule has 2 amide bonds. The van der Waals surface area contributed by atoms with Gasteiger partial charge in [0.25, 0.3) is 0 Å². The SMILES string of the molecule is C=CCOC(=O)N[C@@]1(C(=O)N[C@@H](C)C(=O)OCC)CC[C@H]2[C@H](C(=O)OCC=C)[C@H]21. The number of amides is 2. The van der Waals surface area contributed by atoms with Crippen molar-refractivity contribution in [1.82, 2.24) is 10.6 Å². The second-order valence-electron chi connectivity index (χ2n) is 7.10. The predicted molar refractivity (Wildman–Crippen MR) is 103 cm³/mol. The van der Waals surface area contributed by atoms with Gasteiger partial charge in [-0.15, -0.1) is 0 Å². The zero-order valence-electron chi connectivity index (χ0n) is 16.8. The first-order chi connectivity index (χ1) is 13.8. The van der Waals surface area contributed by atoms with Gasteiger partial charge in [0.05, 0.1) is 12.5 Å². The van der Waals surface area contributed by atoms with E-state index in [-0.39, 0.29) is 25.7 Å². The number of ether oxygens (including phenoxy) is 3. The number of hydrogen-bond acceptors (Lipinski definition) is 7. The summed E-state index contributed by atoms with van der Waals surface area (Å²) in [6.45, 7) is 10.4. The summed E-state index contributed by atoms with van der Waals surface area (Å²) in [5.41, 5.74) is -1.37. The Hall–Kier alpha value is -2.84. The Bertz CT molecular complexity index is 692. The third-order valence-corrected chi connectivity index (χ3v) is 5.28. The van der Waals surface area contributed by atoms with Crippen LogP contribution in [0.1, 0.15) is 26.7 Å². The van der Waals surface area contributed by atoms with Crippen molar-refractivity contribution in [2.45, 2.75) is 38.3 Å². The molecule has 0 aromatic carbocycles. The summed E-state index contributed by atoms with van der Waals surface area (Å²) in [5, 5.41) is 5.23. The number of alkyl carbamates (subject to hydrolysis) is 1. The van der Waals surface area contributed by atoms with E-state index in [0.29, 0.717) is 12.8 Å². The van der Waals surface area contributed by atoms with E-state index in [1.807, 2.05) is 0 Å². The number of carbonyl (C=O) groups excluding carboxylic acids is 4. The van der Waals surface area contributed by atoms with Gasteiger partial charge in [0, 0.05) is 5.92 Å². The van der Waals surface area contributed by atoms with Crippen LogP contribution in [0.15, 0.2) is 25.3 Å². The first-order valence-electron chi connectivity index (χ1n) is 9.63. The molecular weight excluding hydrogens is 380 g/mol. The monoisotopic (exact) mass is 408 g/mol. The molecule has 2 rings (SSSR count). The van der Waals surface area contributed by atoms with Gasteiger partial charge in [0.1, 0.15) is 24.8 Å². The van der Waals surface area contributed by atoms with E-state index in [0.717, 1.165) is 0 Å². The highest BCUT2D eigenvalue weighted by atomic mass is 16.6. The van der Waals surface area contributed by atoms with Crippen molar-refractivity contribution in [1.29, 1.82) is 0 Å². The van der Waals surface area contributed by atoms with Crippen LogP contribution in [0.5, 0.6) is 0 Å². The molecule has 2 fully saturated rings. The van der Waals surface area contributed by atoms with Gasteiger partial charge in [0.2, 0.25) is 5.91 Å². The number of rotatable bonds is 10. The lowest BCUT2D eigenvalue weighted by Crippen LogP contribution is -2.62. The molecule has 0 saturated heterocycles. The lowest BCUT2D eigenvalue weighted by Gasteiger charge is -2.32. The van der Waals surface area contributed by atoms with Gasteiger partial charge in [-0.25, -0.2) is 9.59 Å². The zero-order chi connectivity index (χ0) is 21.6. The maximum Gasteiger partial charge on any atom is 0.408 e. The Labute approximate surface area is 169 Å². The molecule has 0 unspecified atom stereocenters. The molecular formula is C20H28N2O7. The lowest BCUT2D eigenvalue weighted by molar-refractivity contribution is -0.148. The van der Waals surface area contributed by atoms with Crippen LogP contribution >= 0.6 is 0 Å². The molecule has 0 spiro atoms. The Balaban J connectivity index is 2.19. The lowest BCUT2D eigenvalue weighted by atomic mass is 9.89. The van der Waals surface area contributed by atoms with Gasteiger partial charge in [-0.05, 0) is 32.6 Å². The zero-order valence-corrected chi connectivity index (χ0v) is 16.8. The van der Waals surface area contributed by atoms with Crippen LogP contribution in [0, 0.1) is 17.8 Å². The highest BCUT2D eigenvalue weighted by molar-refractivity contribution is 5.95. The maximum absolute atomic E-state index is 13.1. The molecule has 0 bridgehead atoms. The van der Waals surface area contributed by atoms with Crippen molar-refractivity contribution >= 4 is 23.9 Å². The van der Waals surface area contributed by atoms with Crippen LogP contribution in [-0.2, 0) is 28.6 Å². The molecule has 0 aliphatic heterocycles. The molecule has 2 aliphatic carbocycles. The summed E-state index contributed by atoms with van der Waals surface area (Å²) >= 11 is 0. The summed E-state index contributed by atoms with van der Waals surface area (Å²) < 4.78 is 15.0. The van der Waals surface area contributed by atoms with E-state index in [1.54, 1.807) is 6.92 Å². The minimum atomic E-state index is -1.37. The summed E-state index contributed by atoms with van der Waals surface area (Å²) in [5.74, 6) is -2.61. The molecule has 0 aromatic heterocycles. The smallest absolute Gasteiger partial charge is 0.408 e. The number of carbonyl (C=O) groups is 4. The number of fused-ring (bicyclic) bond motifs is 1. The second kappa shape index (κ2) is 9.58. The number of nitrogens with one attached hydrogen (secondary N) is 2. The predicted octanol–water partition coefficient (Wildman–Crippen LogP) is 1.09. The first kappa shape index (κ1) is 22.4. The Morgan fingerprint density at radius 1 is 1.14 bits per heavy atom. The summed E-state index contributed by atoms with van der Waals surface area (Å²) in [6.07, 6.45) is 2.94. The van der Waals surface area contributed by atoms with Gasteiger partial charge in [-0.3, -0.25) is 9.59 Å². The fourth-order valence-electron chi connectivity index (χ4n) is 4.00. The van der Waals surface area contributed by atoms with Crippen LogP contribution in [0.2, 0.25) is 0 Å². The van der Waals surface area contributed by atoms with Crippen molar-refractivity contribution in [3.05, 3.63) is 25.3 Å². The van der Waals surface area contributed by atoms with Crippen molar-refractivity contribution in [3.8, 4) is 0 Å². The maximum atomic E-state index is 13.1. The molecule has 2 aliphatic rings. The fraction of sp³-hybridized carbons (Fsp3) is 0.600. The highest BCUT2D eigenvalue weighted by Gasteiger charge is 2.72. The number of esters is 2. The fourth-order valence-corrected chi connectivity index (χ4v) is 4.00. The molecule has 29 heavy (non-hydrogen) atoms. The highest BCUT2D eigenvalue weighted by Crippen LogP contribution is 2.62. The molecule has 160 valence electrons. The van der Waals surface area contributed by atoms with Gasteiger partial charge in [-0.2, -0.15) is 0 Å². The Kier molecular flexibility index (Phi) is 7.41. The van der Waals surface area contributed by atoms with Crippen LogP contribution in [-0.4, -0.2) is 55.3 Å². The minimum absolute atomic E-state index is 0.0261. The molecule has 5 atom stereocenters. The molecule has 0 radical (unpaired) electrons. The van der Waals surface area contributed by atoms with Gasteiger partial charge >= 0.3 is 18.0 Å². The molecule has 0 heterocycles. The average Bonchev–Trinajstić information content (AvgIpc) is 3.32. The Morgan fingerprint density at radius 3 is 2.41 bits per heavy atom. The van der Waals surface area contributed by atoms with Gasteiger partial charge < -0.3 is 24.8 Å². The van der Waals surface area contributed by atoms with Gasteiger partial charge in [-0.1, -0.05) is 25.3 Å². The van der Waals surface area contributed by atoms with Crippen LogP contribution in [0.25, 0.3) is 0 Å². The van der Waals surface area contributed by atoms with Gasteiger partial charge in [0.15, 0.2) is 0 Å². The topological polar surface area (TPSA) is 120 Å². The largest absolute Gasteiger partial charge is 0.464 e. The third kappa shape index (κ3) is 4.78. The third-order valence-electron chi connectivity index (χ3n) is 5.28. The Morgan fingerprint density at radius 2 is 1.79 bits per heavy atom. The van der Waals surface area contributed by atoms with E-state index < -0.39 is 47.4 Å². The average molecular weight is 408 g/mol. The van der Waals surface area contributed by atoms with Crippen LogP contribution in [0.3, 0.4) is 0 Å². The molecule has 9 nitrogen and oxygen atoms in total. The summed E-state index contributed by atoms with van der Waals surface area (Å²) in [4.78, 5) is 49.6. The van der Waals surface area contributed by atoms with Crippen molar-refractivity contribution in [3.63, 3.8) is 0 Å². The van der Waals surface area contributed by atoms with E-state index in [9.17, 15) is 19.2 Å². The second-order valence-corrected chi connectivity index (χ2v) is 7.10. The van der Waals surface area contributed by atoms with E-state index >= 15 is 0 Å². The molecule has 2 N–H and O–H groups in total. The summed E-state index contributed by atoms with van der Waals surface area (Å²) in [6, 6.07) is -0.908. The first-order valence-corrected chi connectivity index (χ1v) is 9.63. The van der Waals surface area contributed by atoms with Crippen molar-refractivity contribution in [2.75, 3.05) is 19.8 Å². The van der Waals surface area contributed by atoms with E-state index in [2.05, 4.69) is 23.8 Å². The van der Waals surface area contributed by atoms with E-state index in [1.165, 1.54) is 19.1 Å². The summed E-state index contributed by atoms with van der Waals surface area (Å²) in [7, 11) is 0. The number of hydrogen-bond donors (Lipinski definition) is 2. The van der Waals surface area contributed by atoms with E-state index in [4.69, 9.17) is 14.2 Å². The standard InChI is InChI=1S/C20H28N2O7/c1-5-10-28-17(24)14-13-8-9-20(15(13)14,22-19(26)29-11-6-2)18(25)21-12(4)16(23)27-7-3/h5-6,12-15H,1-2,7-11H2,3-4H3,(H,21,25)(H,22,26)/t12-,13-,14-,15-,20-/m0/s1. The minimum Gasteiger partial charge on any atom is -0.464 e. The molecule has 2 saturated carbocycles. The molecule has 0 aromatic rings. The van der Waals surface area contributed by atoms with Crippen LogP contribution < -0.4 is 10.6 Å².